The topological polar surface area (TPSA) is 90.9 Å². The van der Waals surface area contributed by atoms with Gasteiger partial charge >= 0.3 is 5.97 Å². The number of ether oxygens (including phenoxy) is 8. The molecule has 0 bridgehead atoms. The van der Waals surface area contributed by atoms with Gasteiger partial charge in [-0.25, -0.2) is 0 Å². The molecule has 0 amide bonds. The molecule has 0 heterocycles. The summed E-state index contributed by atoms with van der Waals surface area (Å²) in [6, 6.07) is 0. The molecule has 0 aromatic rings. The molecule has 0 aliphatic rings. The fraction of sp³-hybridized carbons (Fsp3) is 0.944. The van der Waals surface area contributed by atoms with E-state index in [1.165, 1.54) is 0 Å². The van der Waals surface area contributed by atoms with E-state index < -0.39 is 0 Å². The molecule has 0 saturated carbocycles. The standard InChI is InChI=1S/C18H36O9/c1-3-27-18(19)4-5-21-8-9-23-12-13-25-16-17-26-15-14-24-11-10-22-7-6-20-2/h3-17H2,1-2H3. The lowest BCUT2D eigenvalue weighted by molar-refractivity contribution is -0.144. The summed E-state index contributed by atoms with van der Waals surface area (Å²) >= 11 is 0. The van der Waals surface area contributed by atoms with E-state index in [9.17, 15) is 4.79 Å². The molecule has 0 spiro atoms. The fourth-order valence-electron chi connectivity index (χ4n) is 1.73. The Morgan fingerprint density at radius 1 is 0.556 bits per heavy atom. The summed E-state index contributed by atoms with van der Waals surface area (Å²) < 4.78 is 41.6. The third-order valence-corrected chi connectivity index (χ3v) is 3.05. The highest BCUT2D eigenvalue weighted by Crippen LogP contribution is 1.89. The van der Waals surface area contributed by atoms with Crippen LogP contribution in [0.25, 0.3) is 0 Å². The number of carbonyl (C=O) groups is 1. The predicted molar refractivity (Wildman–Crippen MR) is 98.0 cm³/mol. The van der Waals surface area contributed by atoms with Gasteiger partial charge in [-0.15, -0.1) is 0 Å². The summed E-state index contributed by atoms with van der Waals surface area (Å²) in [7, 11) is 1.64. The van der Waals surface area contributed by atoms with Crippen LogP contribution in [-0.2, 0) is 42.7 Å². The van der Waals surface area contributed by atoms with E-state index in [4.69, 9.17) is 37.9 Å². The van der Waals surface area contributed by atoms with E-state index in [1.807, 2.05) is 0 Å². The second kappa shape index (κ2) is 23.2. The summed E-state index contributed by atoms with van der Waals surface area (Å²) in [6.07, 6.45) is 0.268. The van der Waals surface area contributed by atoms with Crippen molar-refractivity contribution < 1.29 is 42.7 Å². The van der Waals surface area contributed by atoms with Crippen LogP contribution < -0.4 is 0 Å². The van der Waals surface area contributed by atoms with Crippen LogP contribution in [0.3, 0.4) is 0 Å². The van der Waals surface area contributed by atoms with Gasteiger partial charge in [0.2, 0.25) is 0 Å². The average molecular weight is 396 g/mol. The van der Waals surface area contributed by atoms with Crippen molar-refractivity contribution in [2.75, 3.05) is 99.6 Å². The van der Waals surface area contributed by atoms with Crippen LogP contribution in [-0.4, -0.2) is 106 Å². The number of carbonyl (C=O) groups excluding carboxylic acids is 1. The molecule has 0 radical (unpaired) electrons. The zero-order valence-corrected chi connectivity index (χ0v) is 16.8. The maximum absolute atomic E-state index is 11.1. The second-order valence-corrected chi connectivity index (χ2v) is 5.22. The summed E-state index contributed by atoms with van der Waals surface area (Å²) in [5, 5.41) is 0. The molecule has 162 valence electrons. The second-order valence-electron chi connectivity index (χ2n) is 5.22. The Morgan fingerprint density at radius 3 is 1.22 bits per heavy atom. The molecule has 0 aromatic carbocycles. The normalized spacial score (nSPS) is 11.0. The Labute approximate surface area is 162 Å². The van der Waals surface area contributed by atoms with Crippen molar-refractivity contribution in [1.82, 2.24) is 0 Å². The highest BCUT2D eigenvalue weighted by Gasteiger charge is 2.00. The number of hydrogen-bond acceptors (Lipinski definition) is 9. The van der Waals surface area contributed by atoms with Crippen molar-refractivity contribution in [3.8, 4) is 0 Å². The third-order valence-electron chi connectivity index (χ3n) is 3.05. The minimum Gasteiger partial charge on any atom is -0.466 e. The van der Waals surface area contributed by atoms with Gasteiger partial charge < -0.3 is 37.9 Å². The van der Waals surface area contributed by atoms with E-state index in [0.29, 0.717) is 92.5 Å². The summed E-state index contributed by atoms with van der Waals surface area (Å²) in [6.45, 7) is 8.81. The Balaban J connectivity index is 3.02. The SMILES string of the molecule is CCOC(=O)CCOCCOCCOCCOCCOCCOCCOC. The van der Waals surface area contributed by atoms with Crippen molar-refractivity contribution in [2.24, 2.45) is 0 Å². The first-order chi connectivity index (χ1) is 13.3. The lowest BCUT2D eigenvalue weighted by Crippen LogP contribution is -2.14. The highest BCUT2D eigenvalue weighted by molar-refractivity contribution is 5.69. The van der Waals surface area contributed by atoms with Crippen LogP contribution >= 0.6 is 0 Å². The van der Waals surface area contributed by atoms with Crippen molar-refractivity contribution in [2.45, 2.75) is 13.3 Å². The molecule has 27 heavy (non-hydrogen) atoms. The van der Waals surface area contributed by atoms with Gasteiger partial charge in [-0.1, -0.05) is 0 Å². The molecule has 0 aliphatic heterocycles. The van der Waals surface area contributed by atoms with Crippen molar-refractivity contribution in [3.05, 3.63) is 0 Å². The van der Waals surface area contributed by atoms with E-state index >= 15 is 0 Å². The zero-order chi connectivity index (χ0) is 19.8. The first-order valence-corrected chi connectivity index (χ1v) is 9.42. The lowest BCUT2D eigenvalue weighted by atomic mass is 10.5. The zero-order valence-electron chi connectivity index (χ0n) is 16.8. The molecule has 9 heteroatoms. The number of esters is 1. The minimum absolute atomic E-state index is 0.243. The van der Waals surface area contributed by atoms with Crippen molar-refractivity contribution in [1.29, 1.82) is 0 Å². The monoisotopic (exact) mass is 396 g/mol. The highest BCUT2D eigenvalue weighted by atomic mass is 16.6. The lowest BCUT2D eigenvalue weighted by Gasteiger charge is -2.08. The quantitative estimate of drug-likeness (QED) is 0.194. The van der Waals surface area contributed by atoms with Gasteiger partial charge in [0.25, 0.3) is 0 Å². The van der Waals surface area contributed by atoms with Crippen LogP contribution in [0.4, 0.5) is 0 Å². The van der Waals surface area contributed by atoms with E-state index in [1.54, 1.807) is 14.0 Å². The van der Waals surface area contributed by atoms with Gasteiger partial charge in [0, 0.05) is 7.11 Å². The summed E-state index contributed by atoms with van der Waals surface area (Å²) in [4.78, 5) is 11.1. The maximum atomic E-state index is 11.1. The van der Waals surface area contributed by atoms with E-state index in [0.717, 1.165) is 0 Å². The van der Waals surface area contributed by atoms with Crippen molar-refractivity contribution >= 4 is 5.97 Å². The van der Waals surface area contributed by atoms with Gasteiger partial charge in [0.15, 0.2) is 0 Å². The smallest absolute Gasteiger partial charge is 0.308 e. The van der Waals surface area contributed by atoms with Gasteiger partial charge in [0.05, 0.1) is 98.9 Å². The largest absolute Gasteiger partial charge is 0.466 e. The Morgan fingerprint density at radius 2 is 0.889 bits per heavy atom. The molecular weight excluding hydrogens is 360 g/mol. The first kappa shape index (κ1) is 26.2. The Bertz CT molecular complexity index is 303. The molecule has 0 atom stereocenters. The third kappa shape index (κ3) is 23.2. The minimum atomic E-state index is -0.243. The number of hydrogen-bond donors (Lipinski definition) is 0. The maximum Gasteiger partial charge on any atom is 0.308 e. The van der Waals surface area contributed by atoms with Gasteiger partial charge in [-0.3, -0.25) is 4.79 Å². The van der Waals surface area contributed by atoms with Gasteiger partial charge in [0.1, 0.15) is 0 Å². The number of rotatable bonds is 22. The molecule has 0 aliphatic carbocycles. The predicted octanol–water partition coefficient (Wildman–Crippen LogP) is 0.686. The molecule has 0 aromatic heterocycles. The Kier molecular flexibility index (Phi) is 22.5. The number of methoxy groups -OCH3 is 1. The van der Waals surface area contributed by atoms with E-state index in [2.05, 4.69) is 0 Å². The molecule has 0 saturated heterocycles. The van der Waals surface area contributed by atoms with E-state index in [-0.39, 0.29) is 12.4 Å². The molecule has 0 unspecified atom stereocenters. The van der Waals surface area contributed by atoms with Crippen LogP contribution in [0.5, 0.6) is 0 Å². The molecule has 0 fully saturated rings. The van der Waals surface area contributed by atoms with Gasteiger partial charge in [-0.05, 0) is 6.92 Å². The first-order valence-electron chi connectivity index (χ1n) is 9.42. The molecular formula is C18H36O9. The van der Waals surface area contributed by atoms with Crippen LogP contribution in [0.1, 0.15) is 13.3 Å². The van der Waals surface area contributed by atoms with Crippen molar-refractivity contribution in [3.63, 3.8) is 0 Å². The molecule has 9 nitrogen and oxygen atoms in total. The summed E-state index contributed by atoms with van der Waals surface area (Å²) in [5.41, 5.74) is 0. The van der Waals surface area contributed by atoms with Crippen LogP contribution in [0, 0.1) is 0 Å². The molecule has 0 rings (SSSR count). The Hall–Kier alpha value is -0.810. The fourth-order valence-corrected chi connectivity index (χ4v) is 1.73. The van der Waals surface area contributed by atoms with Crippen LogP contribution in [0.15, 0.2) is 0 Å². The van der Waals surface area contributed by atoms with Gasteiger partial charge in [-0.2, -0.15) is 0 Å². The molecule has 0 N–H and O–H groups in total. The average Bonchev–Trinajstić information content (AvgIpc) is 2.66. The van der Waals surface area contributed by atoms with Crippen LogP contribution in [0.2, 0.25) is 0 Å². The summed E-state index contributed by atoms with van der Waals surface area (Å²) in [5.74, 6) is -0.243.